The number of hydrogen-bond acceptors (Lipinski definition) is 8. The van der Waals surface area contributed by atoms with Crippen LogP contribution in [0, 0.1) is 16.7 Å². The number of nitrogens with zero attached hydrogens (tertiary/aromatic N) is 4. The summed E-state index contributed by atoms with van der Waals surface area (Å²) in [5.41, 5.74) is 0.542. The van der Waals surface area contributed by atoms with Crippen LogP contribution in [0.15, 0.2) is 6.33 Å². The summed E-state index contributed by atoms with van der Waals surface area (Å²) >= 11 is 6.20. The zero-order chi connectivity index (χ0) is 28.0. The second-order valence-electron chi connectivity index (χ2n) is 12.9. The predicted octanol–water partition coefficient (Wildman–Crippen LogP) is 2.54. The lowest BCUT2D eigenvalue weighted by Crippen LogP contribution is -2.65. The number of aromatic nitrogens is 4. The fraction of sp³-hybridized carbons (Fsp3) is 0.750. The number of fused-ring (bicyclic) bond motifs is 1. The molecule has 15 heteroatoms. The van der Waals surface area contributed by atoms with Crippen LogP contribution >= 0.6 is 19.2 Å². The van der Waals surface area contributed by atoms with Gasteiger partial charge in [0.1, 0.15) is 12.2 Å². The van der Waals surface area contributed by atoms with Gasteiger partial charge in [-0.25, -0.2) is 9.78 Å². The minimum atomic E-state index is -4.32. The predicted molar refractivity (Wildman–Crippen MR) is 140 cm³/mol. The Hall–Kier alpha value is -1.86. The average Bonchev–Trinajstić information content (AvgIpc) is 3.30. The fourth-order valence-corrected chi connectivity index (χ4v) is 9.38. The minimum Gasteiger partial charge on any atom is -0.388 e. The Morgan fingerprint density at radius 2 is 1.85 bits per heavy atom. The monoisotopic (exact) mass is 584 g/mol. The van der Waals surface area contributed by atoms with E-state index in [0.29, 0.717) is 5.92 Å². The van der Waals surface area contributed by atoms with E-state index in [2.05, 4.69) is 39.4 Å². The molecule has 8 atom stereocenters. The molecule has 2 aromatic heterocycles. The first-order valence-corrected chi connectivity index (χ1v) is 15.4. The molecule has 7 rings (SSSR count). The van der Waals surface area contributed by atoms with Crippen molar-refractivity contribution in [3.05, 3.63) is 11.6 Å². The third-order valence-electron chi connectivity index (χ3n) is 8.95. The highest BCUT2D eigenvalue weighted by Gasteiger charge is 2.60. The maximum absolute atomic E-state index is 13.3. The van der Waals surface area contributed by atoms with E-state index in [1.807, 2.05) is 0 Å². The molecular formula is C24H34ClN6O7P. The largest absolute Gasteiger partial charge is 0.388 e. The number of aliphatic hydroxyl groups excluding tert-OH is 2. The van der Waals surface area contributed by atoms with Crippen LogP contribution in [0.1, 0.15) is 65.0 Å². The van der Waals surface area contributed by atoms with Gasteiger partial charge in [0.25, 0.3) is 0 Å². The quantitative estimate of drug-likeness (QED) is 0.217. The first-order valence-electron chi connectivity index (χ1n) is 13.2. The first kappa shape index (κ1) is 27.3. The van der Waals surface area contributed by atoms with Crippen LogP contribution in [0.25, 0.3) is 11.2 Å². The SMILES string of the molecule is C[C@]12CC3CC(NC(=O)Nc4nc(Cl)nc5c4ncn5[C@@H]4O[C@H](CCP(=O)(O)O)C(O)C4O)(C1)C[C@@](C)(C3)C2. The second-order valence-corrected chi connectivity index (χ2v) is 15.0. The summed E-state index contributed by atoms with van der Waals surface area (Å²) in [5, 5.41) is 26.9. The van der Waals surface area contributed by atoms with E-state index in [4.69, 9.17) is 16.3 Å². The number of halogens is 1. The molecule has 2 amide bonds. The molecule has 0 aromatic carbocycles. The summed E-state index contributed by atoms with van der Waals surface area (Å²) in [7, 11) is -4.32. The second kappa shape index (κ2) is 9.07. The summed E-state index contributed by atoms with van der Waals surface area (Å²) in [5.74, 6) is 0.695. The van der Waals surface area contributed by atoms with Gasteiger partial charge in [0.15, 0.2) is 23.2 Å². The van der Waals surface area contributed by atoms with Gasteiger partial charge < -0.3 is 30.1 Å². The van der Waals surface area contributed by atoms with Crippen LogP contribution in [0.4, 0.5) is 10.6 Å². The molecule has 4 aliphatic carbocycles. The lowest BCUT2D eigenvalue weighted by molar-refractivity contribution is -0.113. The number of aliphatic hydroxyl groups is 2. The summed E-state index contributed by atoms with van der Waals surface area (Å²) in [4.78, 5) is 44.3. The van der Waals surface area contributed by atoms with Crippen LogP contribution in [0.5, 0.6) is 0 Å². The van der Waals surface area contributed by atoms with Crippen LogP contribution in [-0.2, 0) is 9.30 Å². The highest BCUT2D eigenvalue weighted by Crippen LogP contribution is 2.66. The molecule has 2 aromatic rings. The first-order chi connectivity index (χ1) is 18.2. The van der Waals surface area contributed by atoms with Gasteiger partial charge >= 0.3 is 13.6 Å². The van der Waals surface area contributed by atoms with Gasteiger partial charge in [-0.2, -0.15) is 9.97 Å². The van der Waals surface area contributed by atoms with E-state index in [-0.39, 0.29) is 45.1 Å². The third-order valence-corrected chi connectivity index (χ3v) is 9.96. The van der Waals surface area contributed by atoms with Crippen molar-refractivity contribution in [3.63, 3.8) is 0 Å². The Morgan fingerprint density at radius 3 is 2.49 bits per heavy atom. The van der Waals surface area contributed by atoms with E-state index in [0.717, 1.165) is 19.3 Å². The number of hydrogen-bond donors (Lipinski definition) is 6. The van der Waals surface area contributed by atoms with Crippen LogP contribution < -0.4 is 10.6 Å². The molecule has 5 aliphatic rings. The number of anilines is 1. The molecule has 4 unspecified atom stereocenters. The molecule has 0 radical (unpaired) electrons. The number of imidazole rings is 1. The molecule has 13 nitrogen and oxygen atoms in total. The van der Waals surface area contributed by atoms with Gasteiger partial charge in [-0.05, 0) is 73.3 Å². The highest BCUT2D eigenvalue weighted by molar-refractivity contribution is 7.51. The molecule has 214 valence electrons. The minimum absolute atomic E-state index is 0.0921. The van der Waals surface area contributed by atoms with E-state index in [1.54, 1.807) is 0 Å². The van der Waals surface area contributed by atoms with Crippen molar-refractivity contribution in [2.24, 2.45) is 16.7 Å². The molecule has 39 heavy (non-hydrogen) atoms. The van der Waals surface area contributed by atoms with Crippen molar-refractivity contribution < 1.29 is 34.1 Å². The smallest absolute Gasteiger partial charge is 0.325 e. The van der Waals surface area contributed by atoms with Crippen molar-refractivity contribution in [3.8, 4) is 0 Å². The normalized spacial score (nSPS) is 39.4. The van der Waals surface area contributed by atoms with Crippen LogP contribution in [-0.4, -0.2) is 75.6 Å². The molecule has 0 spiro atoms. The average molecular weight is 585 g/mol. The Labute approximate surface area is 229 Å². The van der Waals surface area contributed by atoms with E-state index in [9.17, 15) is 29.4 Å². The molecular weight excluding hydrogens is 551 g/mol. The highest BCUT2D eigenvalue weighted by atomic mass is 35.5. The van der Waals surface area contributed by atoms with Crippen molar-refractivity contribution >= 4 is 42.2 Å². The number of amides is 2. The van der Waals surface area contributed by atoms with Crippen molar-refractivity contribution in [2.45, 2.75) is 88.9 Å². The summed E-state index contributed by atoms with van der Waals surface area (Å²) in [6.07, 6.45) is 2.14. The molecule has 4 bridgehead atoms. The number of ether oxygens (including phenoxy) is 1. The molecule has 1 saturated heterocycles. The Morgan fingerprint density at radius 1 is 1.15 bits per heavy atom. The van der Waals surface area contributed by atoms with Crippen molar-refractivity contribution in [2.75, 3.05) is 11.5 Å². The maximum atomic E-state index is 13.3. The van der Waals surface area contributed by atoms with E-state index >= 15 is 0 Å². The number of carbonyl (C=O) groups is 1. The molecule has 6 N–H and O–H groups in total. The van der Waals surface area contributed by atoms with Crippen LogP contribution in [0.3, 0.4) is 0 Å². The maximum Gasteiger partial charge on any atom is 0.325 e. The van der Waals surface area contributed by atoms with Gasteiger partial charge in [-0.1, -0.05) is 13.8 Å². The van der Waals surface area contributed by atoms with Crippen molar-refractivity contribution in [1.29, 1.82) is 0 Å². The fourth-order valence-electron chi connectivity index (χ4n) is 8.62. The lowest BCUT2D eigenvalue weighted by Gasteiger charge is -2.65. The summed E-state index contributed by atoms with van der Waals surface area (Å²) < 4.78 is 18.4. The van der Waals surface area contributed by atoms with Gasteiger partial charge in [-0.3, -0.25) is 14.4 Å². The zero-order valence-electron chi connectivity index (χ0n) is 21.7. The third kappa shape index (κ3) is 5.07. The number of carbonyl (C=O) groups excluding carboxylic acids is 1. The zero-order valence-corrected chi connectivity index (χ0v) is 23.4. The van der Waals surface area contributed by atoms with Gasteiger partial charge in [0, 0.05) is 5.54 Å². The van der Waals surface area contributed by atoms with E-state index in [1.165, 1.54) is 30.2 Å². The van der Waals surface area contributed by atoms with E-state index < -0.39 is 44.3 Å². The van der Waals surface area contributed by atoms with Crippen LogP contribution in [0.2, 0.25) is 5.28 Å². The van der Waals surface area contributed by atoms with Gasteiger partial charge in [-0.15, -0.1) is 0 Å². The standard InChI is InChI=1S/C24H34ClN6O7P/c1-22-5-12-6-23(2,8-22)10-24(7-12,9-22)30-21(34)28-17-14-18(29-20(25)27-17)31(11-26-14)19-16(33)15(32)13(38-19)3-4-39(35,36)37/h11-13,15-16,19,32-33H,3-10H2,1-2H3,(H2,35,36,37)(H2,27,28,29,30,34)/t12?,13-,15?,16?,19-,22-,23+,24?/m1/s1. The van der Waals surface area contributed by atoms with Crippen molar-refractivity contribution in [1.82, 2.24) is 24.8 Å². The Kier molecular flexibility index (Phi) is 6.35. The Balaban J connectivity index is 1.22. The van der Waals surface area contributed by atoms with Gasteiger partial charge in [0.2, 0.25) is 5.28 Å². The molecule has 1 aliphatic heterocycles. The summed E-state index contributed by atoms with van der Waals surface area (Å²) in [6, 6.07) is -0.403. The summed E-state index contributed by atoms with van der Waals surface area (Å²) in [6.45, 7) is 4.66. The number of rotatable bonds is 6. The number of urea groups is 1. The van der Waals surface area contributed by atoms with Gasteiger partial charge in [0.05, 0.1) is 18.6 Å². The molecule has 3 heterocycles. The Bertz CT molecular complexity index is 1350. The lowest BCUT2D eigenvalue weighted by atomic mass is 9.43. The number of nitrogens with one attached hydrogen (secondary N) is 2. The molecule has 4 saturated carbocycles. The topological polar surface area (TPSA) is 192 Å². The molecule has 5 fully saturated rings.